The Labute approximate surface area is 112 Å². The van der Waals surface area contributed by atoms with Crippen LogP contribution in [-0.2, 0) is 4.79 Å². The number of carbonyl (C=O) groups is 1. The minimum Gasteiger partial charge on any atom is -0.492 e. The highest BCUT2D eigenvalue weighted by Gasteiger charge is 2.14. The van der Waals surface area contributed by atoms with Crippen LogP contribution < -0.4 is 10.1 Å². The zero-order valence-corrected chi connectivity index (χ0v) is 12.0. The molecule has 0 aliphatic carbocycles. The average molecular weight is 351 g/mol. The molecule has 0 bridgehead atoms. The van der Waals surface area contributed by atoms with E-state index >= 15 is 0 Å². The SMILES string of the molecule is CCOc1ccccc1NC(=O)C(Br)CBr. The molecule has 1 aromatic rings. The van der Waals surface area contributed by atoms with Crippen LogP contribution in [-0.4, -0.2) is 22.7 Å². The molecule has 0 fully saturated rings. The Bertz CT molecular complexity index is 358. The van der Waals surface area contributed by atoms with Crippen LogP contribution in [0.5, 0.6) is 5.75 Å². The molecular formula is C11H13Br2NO2. The van der Waals surface area contributed by atoms with Crippen molar-refractivity contribution in [2.75, 3.05) is 17.3 Å². The summed E-state index contributed by atoms with van der Waals surface area (Å²) in [6.45, 7) is 2.48. The van der Waals surface area contributed by atoms with Crippen molar-refractivity contribution in [1.82, 2.24) is 0 Å². The Balaban J connectivity index is 2.76. The summed E-state index contributed by atoms with van der Waals surface area (Å²) in [4.78, 5) is 11.4. The van der Waals surface area contributed by atoms with Gasteiger partial charge in [-0.2, -0.15) is 0 Å². The summed E-state index contributed by atoms with van der Waals surface area (Å²) >= 11 is 6.50. The lowest BCUT2D eigenvalue weighted by Crippen LogP contribution is -2.24. The molecule has 1 unspecified atom stereocenters. The van der Waals surface area contributed by atoms with Gasteiger partial charge in [0.15, 0.2) is 0 Å². The lowest BCUT2D eigenvalue weighted by atomic mass is 10.3. The molecule has 0 saturated carbocycles. The first-order valence-corrected chi connectivity index (χ1v) is 6.95. The zero-order valence-electron chi connectivity index (χ0n) is 8.87. The van der Waals surface area contributed by atoms with Crippen molar-refractivity contribution in [2.24, 2.45) is 0 Å². The summed E-state index contributed by atoms with van der Waals surface area (Å²) in [5, 5.41) is 3.37. The van der Waals surface area contributed by atoms with E-state index in [1.807, 2.05) is 31.2 Å². The molecule has 0 heterocycles. The van der Waals surface area contributed by atoms with E-state index in [1.165, 1.54) is 0 Å². The van der Waals surface area contributed by atoms with Crippen LogP contribution in [0, 0.1) is 0 Å². The molecule has 16 heavy (non-hydrogen) atoms. The number of ether oxygens (including phenoxy) is 1. The number of benzene rings is 1. The van der Waals surface area contributed by atoms with E-state index in [9.17, 15) is 4.79 Å². The van der Waals surface area contributed by atoms with Crippen molar-refractivity contribution in [1.29, 1.82) is 0 Å². The summed E-state index contributed by atoms with van der Waals surface area (Å²) in [7, 11) is 0. The fourth-order valence-electron chi connectivity index (χ4n) is 1.13. The highest BCUT2D eigenvalue weighted by atomic mass is 79.9. The number of rotatable bonds is 5. The largest absolute Gasteiger partial charge is 0.492 e. The molecule has 0 radical (unpaired) electrons. The molecule has 0 saturated heterocycles. The van der Waals surface area contributed by atoms with Crippen molar-refractivity contribution >= 4 is 43.5 Å². The van der Waals surface area contributed by atoms with Gasteiger partial charge in [0, 0.05) is 5.33 Å². The molecule has 1 atom stereocenters. The van der Waals surface area contributed by atoms with E-state index in [0.29, 0.717) is 23.4 Å². The van der Waals surface area contributed by atoms with Gasteiger partial charge in [0.2, 0.25) is 5.91 Å². The number of para-hydroxylation sites is 2. The normalized spacial score (nSPS) is 11.9. The second-order valence-electron chi connectivity index (χ2n) is 3.04. The lowest BCUT2D eigenvalue weighted by Gasteiger charge is -2.12. The molecule has 1 rings (SSSR count). The number of hydrogen-bond donors (Lipinski definition) is 1. The molecule has 1 amide bonds. The number of amides is 1. The van der Waals surface area contributed by atoms with E-state index < -0.39 is 0 Å². The molecule has 88 valence electrons. The minimum atomic E-state index is -0.248. The van der Waals surface area contributed by atoms with Crippen molar-refractivity contribution in [3.05, 3.63) is 24.3 Å². The molecule has 0 spiro atoms. The van der Waals surface area contributed by atoms with Crippen molar-refractivity contribution < 1.29 is 9.53 Å². The number of alkyl halides is 2. The van der Waals surface area contributed by atoms with E-state index in [1.54, 1.807) is 0 Å². The third kappa shape index (κ3) is 3.79. The standard InChI is InChI=1S/C11H13Br2NO2/c1-2-16-10-6-4-3-5-9(10)14-11(15)8(13)7-12/h3-6,8H,2,7H2,1H3,(H,14,15). The predicted molar refractivity (Wildman–Crippen MR) is 72.7 cm³/mol. The van der Waals surface area contributed by atoms with Gasteiger partial charge in [-0.25, -0.2) is 0 Å². The number of anilines is 1. The fraction of sp³-hybridized carbons (Fsp3) is 0.364. The van der Waals surface area contributed by atoms with Crippen LogP contribution in [0.15, 0.2) is 24.3 Å². The highest BCUT2D eigenvalue weighted by Crippen LogP contribution is 2.24. The first-order valence-electron chi connectivity index (χ1n) is 4.91. The maximum Gasteiger partial charge on any atom is 0.239 e. The monoisotopic (exact) mass is 349 g/mol. The van der Waals surface area contributed by atoms with Crippen molar-refractivity contribution in [2.45, 2.75) is 11.8 Å². The van der Waals surface area contributed by atoms with Crippen molar-refractivity contribution in [3.63, 3.8) is 0 Å². The van der Waals surface area contributed by atoms with E-state index in [-0.39, 0.29) is 10.7 Å². The number of carbonyl (C=O) groups excluding carboxylic acids is 1. The van der Waals surface area contributed by atoms with Gasteiger partial charge in [0.1, 0.15) is 10.6 Å². The lowest BCUT2D eigenvalue weighted by molar-refractivity contribution is -0.115. The quantitative estimate of drug-likeness (QED) is 0.828. The first kappa shape index (κ1) is 13.5. The summed E-state index contributed by atoms with van der Waals surface area (Å²) in [6, 6.07) is 7.37. The third-order valence-corrected chi connectivity index (χ3v) is 4.12. The number of halogens is 2. The van der Waals surface area contributed by atoms with Crippen LogP contribution >= 0.6 is 31.9 Å². The van der Waals surface area contributed by atoms with Gasteiger partial charge in [-0.1, -0.05) is 44.0 Å². The summed E-state index contributed by atoms with van der Waals surface area (Å²) in [5.74, 6) is 0.594. The molecule has 3 nitrogen and oxygen atoms in total. The Kier molecular flexibility index (Phi) is 5.84. The number of hydrogen-bond acceptors (Lipinski definition) is 2. The zero-order chi connectivity index (χ0) is 12.0. The van der Waals surface area contributed by atoms with Crippen LogP contribution in [0.4, 0.5) is 5.69 Å². The Morgan fingerprint density at radius 2 is 2.19 bits per heavy atom. The Hall–Kier alpha value is -0.550. The molecule has 1 N–H and O–H groups in total. The van der Waals surface area contributed by atoms with Crippen LogP contribution in [0.3, 0.4) is 0 Å². The Morgan fingerprint density at radius 3 is 2.81 bits per heavy atom. The smallest absolute Gasteiger partial charge is 0.239 e. The molecule has 0 aromatic heterocycles. The summed E-state index contributed by atoms with van der Waals surface area (Å²) in [6.07, 6.45) is 0. The topological polar surface area (TPSA) is 38.3 Å². The molecular weight excluding hydrogens is 338 g/mol. The van der Waals surface area contributed by atoms with Gasteiger partial charge in [-0.15, -0.1) is 0 Å². The number of nitrogens with one attached hydrogen (secondary N) is 1. The molecule has 0 aliphatic heterocycles. The van der Waals surface area contributed by atoms with E-state index in [0.717, 1.165) is 0 Å². The second-order valence-corrected chi connectivity index (χ2v) is 4.79. The van der Waals surface area contributed by atoms with E-state index in [4.69, 9.17) is 4.74 Å². The van der Waals surface area contributed by atoms with Gasteiger partial charge in [-0.05, 0) is 19.1 Å². The van der Waals surface area contributed by atoms with Crippen LogP contribution in [0.2, 0.25) is 0 Å². The summed E-state index contributed by atoms with van der Waals surface area (Å²) in [5.41, 5.74) is 0.694. The van der Waals surface area contributed by atoms with Gasteiger partial charge in [0.25, 0.3) is 0 Å². The maximum absolute atomic E-state index is 11.7. The Morgan fingerprint density at radius 1 is 1.50 bits per heavy atom. The van der Waals surface area contributed by atoms with E-state index in [2.05, 4.69) is 37.2 Å². The minimum absolute atomic E-state index is 0.0935. The van der Waals surface area contributed by atoms with Gasteiger partial charge in [0.05, 0.1) is 12.3 Å². The summed E-state index contributed by atoms with van der Waals surface area (Å²) < 4.78 is 5.41. The highest BCUT2D eigenvalue weighted by molar-refractivity contribution is 9.12. The van der Waals surface area contributed by atoms with Crippen molar-refractivity contribution in [3.8, 4) is 5.75 Å². The third-order valence-electron chi connectivity index (χ3n) is 1.86. The van der Waals surface area contributed by atoms with Crippen LogP contribution in [0.25, 0.3) is 0 Å². The van der Waals surface area contributed by atoms with Gasteiger partial charge < -0.3 is 10.1 Å². The first-order chi connectivity index (χ1) is 7.69. The van der Waals surface area contributed by atoms with Crippen LogP contribution in [0.1, 0.15) is 6.92 Å². The predicted octanol–water partition coefficient (Wildman–Crippen LogP) is 3.18. The van der Waals surface area contributed by atoms with Gasteiger partial charge in [-0.3, -0.25) is 4.79 Å². The second kappa shape index (κ2) is 6.91. The average Bonchev–Trinajstić information content (AvgIpc) is 2.31. The maximum atomic E-state index is 11.7. The molecule has 5 heteroatoms. The van der Waals surface area contributed by atoms with Gasteiger partial charge >= 0.3 is 0 Å². The fourth-order valence-corrected chi connectivity index (χ4v) is 1.54. The molecule has 1 aromatic carbocycles. The molecule has 0 aliphatic rings.